The molecule has 0 aromatic heterocycles. The van der Waals surface area contributed by atoms with Crippen LogP contribution in [-0.4, -0.2) is 54.9 Å². The first-order valence-electron chi connectivity index (χ1n) is 9.35. The lowest BCUT2D eigenvalue weighted by molar-refractivity contribution is -0.147. The zero-order valence-corrected chi connectivity index (χ0v) is 18.6. The Labute approximate surface area is 170 Å². The molecule has 1 saturated heterocycles. The molecule has 11 heteroatoms. The molecule has 0 amide bonds. The first-order chi connectivity index (χ1) is 13.7. The fourth-order valence-corrected chi connectivity index (χ4v) is 9.04. The third-order valence-electron chi connectivity index (χ3n) is 4.08. The van der Waals surface area contributed by atoms with Crippen molar-refractivity contribution in [3.8, 4) is 0 Å². The Kier molecular flexibility index (Phi) is 9.04. The van der Waals surface area contributed by atoms with Gasteiger partial charge in [0.15, 0.2) is 0 Å². The van der Waals surface area contributed by atoms with Crippen LogP contribution >= 0.6 is 15.0 Å². The predicted octanol–water partition coefficient (Wildman–Crippen LogP) is 3.35. The molecule has 29 heavy (non-hydrogen) atoms. The minimum absolute atomic E-state index is 0.0711. The molecule has 0 aliphatic carbocycles. The first kappa shape index (κ1) is 24.2. The van der Waals surface area contributed by atoms with E-state index in [1.165, 1.54) is 0 Å². The van der Waals surface area contributed by atoms with Gasteiger partial charge in [-0.25, -0.2) is 0 Å². The molecule has 1 unspecified atom stereocenters. The van der Waals surface area contributed by atoms with Gasteiger partial charge in [0, 0.05) is 6.92 Å². The number of ether oxygens (including phenoxy) is 2. The van der Waals surface area contributed by atoms with Crippen molar-refractivity contribution in [2.75, 3.05) is 25.7 Å². The lowest BCUT2D eigenvalue weighted by atomic mass is 10.2. The van der Waals surface area contributed by atoms with E-state index in [-0.39, 0.29) is 26.4 Å². The number of aliphatic hydroxyl groups is 1. The number of aliphatic hydroxyl groups excluding tert-OH is 1. The summed E-state index contributed by atoms with van der Waals surface area (Å²) in [5.41, 5.74) is 0.914. The standard InChI is InChI=1S/C18H28O9P2/c1-4-24-29(22,25-5-2)13-28(21)18(26-14(3)19)17(20)16(27-28)12-23-11-15-9-7-6-8-10-15/h6-10,16-18,20H,4-5,11-13H2,1-3H3/t16-,17-,18-,28?/m1/s1. The van der Waals surface area contributed by atoms with Crippen LogP contribution in [0.4, 0.5) is 0 Å². The highest BCUT2D eigenvalue weighted by atomic mass is 31.2. The fraction of sp³-hybridized carbons (Fsp3) is 0.611. The number of carbonyl (C=O) groups is 1. The van der Waals surface area contributed by atoms with Crippen LogP contribution in [0.25, 0.3) is 0 Å². The average molecular weight is 450 g/mol. The van der Waals surface area contributed by atoms with Crippen molar-refractivity contribution >= 4 is 20.9 Å². The Balaban J connectivity index is 2.13. The maximum absolute atomic E-state index is 13.5. The van der Waals surface area contributed by atoms with E-state index in [0.717, 1.165) is 12.5 Å². The number of hydrogen-bond acceptors (Lipinski definition) is 9. The molecule has 0 bridgehead atoms. The molecule has 0 radical (unpaired) electrons. The molecule has 164 valence electrons. The molecule has 1 heterocycles. The summed E-state index contributed by atoms with van der Waals surface area (Å²) in [4.78, 5) is 11.5. The molecule has 1 aromatic rings. The molecule has 0 saturated carbocycles. The van der Waals surface area contributed by atoms with E-state index >= 15 is 0 Å². The van der Waals surface area contributed by atoms with Crippen LogP contribution in [0.1, 0.15) is 26.3 Å². The highest BCUT2D eigenvalue weighted by Crippen LogP contribution is 2.69. The number of esters is 1. The van der Waals surface area contributed by atoms with Gasteiger partial charge in [0.1, 0.15) is 18.1 Å². The van der Waals surface area contributed by atoms with Gasteiger partial charge >= 0.3 is 13.6 Å². The van der Waals surface area contributed by atoms with E-state index in [1.54, 1.807) is 13.8 Å². The van der Waals surface area contributed by atoms with Crippen LogP contribution in [0.3, 0.4) is 0 Å². The summed E-state index contributed by atoms with van der Waals surface area (Å²) in [7, 11) is -7.70. The summed E-state index contributed by atoms with van der Waals surface area (Å²) >= 11 is 0. The molecular weight excluding hydrogens is 422 g/mol. The van der Waals surface area contributed by atoms with Gasteiger partial charge in [0.2, 0.25) is 5.85 Å². The minimum atomic E-state index is -3.93. The molecular formula is C18H28O9P2. The monoisotopic (exact) mass is 450 g/mol. The quantitative estimate of drug-likeness (QED) is 0.400. The summed E-state index contributed by atoms with van der Waals surface area (Å²) in [6, 6.07) is 9.35. The third kappa shape index (κ3) is 6.72. The number of rotatable bonds is 11. The van der Waals surface area contributed by atoms with E-state index in [9.17, 15) is 19.0 Å². The minimum Gasteiger partial charge on any atom is -0.449 e. The van der Waals surface area contributed by atoms with Gasteiger partial charge in [-0.1, -0.05) is 30.3 Å². The Bertz CT molecular complexity index is 745. The van der Waals surface area contributed by atoms with Crippen LogP contribution in [-0.2, 0) is 43.6 Å². The maximum Gasteiger partial charge on any atom is 0.340 e. The van der Waals surface area contributed by atoms with Gasteiger partial charge in [-0.3, -0.25) is 13.9 Å². The maximum atomic E-state index is 13.5. The first-order valence-corrected chi connectivity index (χ1v) is 13.0. The van der Waals surface area contributed by atoms with Crippen LogP contribution in [0.2, 0.25) is 0 Å². The van der Waals surface area contributed by atoms with Gasteiger partial charge in [-0.2, -0.15) is 0 Å². The van der Waals surface area contributed by atoms with Crippen molar-refractivity contribution in [3.05, 3.63) is 35.9 Å². The summed E-state index contributed by atoms with van der Waals surface area (Å²) < 4.78 is 52.9. The number of hydrogen-bond donors (Lipinski definition) is 1. The Morgan fingerprint density at radius 1 is 1.21 bits per heavy atom. The van der Waals surface area contributed by atoms with Gasteiger partial charge in [-0.05, 0) is 19.4 Å². The molecule has 9 nitrogen and oxygen atoms in total. The second-order valence-electron chi connectivity index (χ2n) is 6.45. The summed E-state index contributed by atoms with van der Waals surface area (Å²) in [6.45, 7) is 4.67. The van der Waals surface area contributed by atoms with Crippen LogP contribution < -0.4 is 0 Å². The average Bonchev–Trinajstić information content (AvgIpc) is 2.86. The molecule has 0 spiro atoms. The lowest BCUT2D eigenvalue weighted by Crippen LogP contribution is -2.35. The highest BCUT2D eigenvalue weighted by molar-refractivity contribution is 7.74. The molecule has 4 atom stereocenters. The van der Waals surface area contributed by atoms with Crippen molar-refractivity contribution in [1.29, 1.82) is 0 Å². The van der Waals surface area contributed by atoms with Gasteiger partial charge in [0.05, 0.1) is 26.4 Å². The summed E-state index contributed by atoms with van der Waals surface area (Å²) in [5, 5.41) is 10.6. The molecule has 1 N–H and O–H groups in total. The van der Waals surface area contributed by atoms with E-state index in [2.05, 4.69) is 0 Å². The Morgan fingerprint density at radius 2 is 1.83 bits per heavy atom. The van der Waals surface area contributed by atoms with Crippen molar-refractivity contribution in [3.63, 3.8) is 0 Å². The van der Waals surface area contributed by atoms with E-state index < -0.39 is 44.9 Å². The van der Waals surface area contributed by atoms with Gasteiger partial charge in [-0.15, -0.1) is 0 Å². The lowest BCUT2D eigenvalue weighted by Gasteiger charge is -2.24. The van der Waals surface area contributed by atoms with Crippen molar-refractivity contribution in [2.24, 2.45) is 0 Å². The summed E-state index contributed by atoms with van der Waals surface area (Å²) in [6.07, 6.45) is -2.43. The van der Waals surface area contributed by atoms with Gasteiger partial charge < -0.3 is 28.2 Å². The number of benzene rings is 1. The van der Waals surface area contributed by atoms with Crippen molar-refractivity contribution in [1.82, 2.24) is 0 Å². The third-order valence-corrected chi connectivity index (χ3v) is 10.2. The molecule has 1 aliphatic rings. The fourth-order valence-electron chi connectivity index (χ4n) is 2.95. The van der Waals surface area contributed by atoms with Crippen LogP contribution in [0.15, 0.2) is 30.3 Å². The summed E-state index contributed by atoms with van der Waals surface area (Å²) in [5.74, 6) is -2.82. The van der Waals surface area contributed by atoms with Crippen LogP contribution in [0, 0.1) is 0 Å². The zero-order chi connectivity index (χ0) is 21.5. The van der Waals surface area contributed by atoms with Gasteiger partial charge in [0.25, 0.3) is 7.37 Å². The zero-order valence-electron chi connectivity index (χ0n) is 16.8. The largest absolute Gasteiger partial charge is 0.449 e. The predicted molar refractivity (Wildman–Crippen MR) is 106 cm³/mol. The molecule has 1 fully saturated rings. The van der Waals surface area contributed by atoms with E-state index in [1.807, 2.05) is 30.3 Å². The second kappa shape index (κ2) is 10.8. The van der Waals surface area contributed by atoms with E-state index in [0.29, 0.717) is 0 Å². The van der Waals surface area contributed by atoms with Crippen molar-refractivity contribution in [2.45, 2.75) is 45.4 Å². The number of carbonyl (C=O) groups excluding carboxylic acids is 1. The second-order valence-corrected chi connectivity index (χ2v) is 11.5. The van der Waals surface area contributed by atoms with Crippen molar-refractivity contribution < 1.29 is 42.1 Å². The van der Waals surface area contributed by atoms with E-state index in [4.69, 9.17) is 23.0 Å². The van der Waals surface area contributed by atoms with Crippen LogP contribution in [0.5, 0.6) is 0 Å². The Hall–Kier alpha value is -1.05. The molecule has 2 rings (SSSR count). The smallest absolute Gasteiger partial charge is 0.340 e. The normalized spacial score (nSPS) is 27.1. The Morgan fingerprint density at radius 3 is 2.38 bits per heavy atom. The topological polar surface area (TPSA) is 118 Å². The molecule has 1 aromatic carbocycles. The SMILES string of the molecule is CCOP(=O)(CP1(=O)O[C@H](COCc2ccccc2)[C@@H](O)[C@@H]1OC(C)=O)OCC. The molecule has 1 aliphatic heterocycles. The highest BCUT2D eigenvalue weighted by Gasteiger charge is 2.57.